The zero-order chi connectivity index (χ0) is 21.3. The number of carboxylic acids is 1. The largest absolute Gasteiger partial charge is 0.497 e. The second kappa shape index (κ2) is 10.8. The summed E-state index contributed by atoms with van der Waals surface area (Å²) in [5.41, 5.74) is 1.31. The number of ether oxygens (including phenoxy) is 2. The molecule has 0 aliphatic rings. The molecule has 0 aromatic heterocycles. The molecule has 0 amide bonds. The minimum Gasteiger partial charge on any atom is -0.497 e. The predicted octanol–water partition coefficient (Wildman–Crippen LogP) is 2.36. The first-order valence-electron chi connectivity index (χ1n) is 9.10. The maximum Gasteiger partial charge on any atom is 0.335 e. The first-order chi connectivity index (χ1) is 13.9. The Labute approximate surface area is 170 Å². The third-order valence-electron chi connectivity index (χ3n) is 4.22. The molecule has 0 unspecified atom stereocenters. The maximum atomic E-state index is 12.7. The lowest BCUT2D eigenvalue weighted by atomic mass is 10.1. The summed E-state index contributed by atoms with van der Waals surface area (Å²) in [6.45, 7) is 1.09. The molecular weight excluding hydrogens is 396 g/mol. The van der Waals surface area contributed by atoms with E-state index in [1.807, 2.05) is 24.3 Å². The normalized spacial score (nSPS) is 11.2. The summed E-state index contributed by atoms with van der Waals surface area (Å²) in [6.07, 6.45) is 1.17. The van der Waals surface area contributed by atoms with Crippen LogP contribution in [0.3, 0.4) is 0 Å². The summed E-state index contributed by atoms with van der Waals surface area (Å²) in [6, 6.07) is 11.6. The van der Waals surface area contributed by atoms with Gasteiger partial charge in [0.05, 0.1) is 18.4 Å². The molecule has 2 aromatic rings. The highest BCUT2D eigenvalue weighted by Crippen LogP contribution is 2.23. The first-order valence-corrected chi connectivity index (χ1v) is 10.6. The number of nitrogens with one attached hydrogen (secondary N) is 2. The van der Waals surface area contributed by atoms with Gasteiger partial charge in [0, 0.05) is 26.8 Å². The zero-order valence-electron chi connectivity index (χ0n) is 16.5. The summed E-state index contributed by atoms with van der Waals surface area (Å²) in [5.74, 6) is -0.426. The van der Waals surface area contributed by atoms with Gasteiger partial charge in [-0.3, -0.25) is 0 Å². The Morgan fingerprint density at radius 3 is 2.41 bits per heavy atom. The number of hydrogen-bond acceptors (Lipinski definition) is 6. The van der Waals surface area contributed by atoms with Gasteiger partial charge >= 0.3 is 5.97 Å². The quantitative estimate of drug-likeness (QED) is 0.450. The SMILES string of the molecule is COCCCNS(=O)(=O)c1cc(C(=O)O)ccc1NCCc1ccc(OC)cc1. The van der Waals surface area contributed by atoms with E-state index in [9.17, 15) is 18.3 Å². The van der Waals surface area contributed by atoms with Gasteiger partial charge < -0.3 is 19.9 Å². The van der Waals surface area contributed by atoms with Gasteiger partial charge in [0.25, 0.3) is 0 Å². The minimum absolute atomic E-state index is 0.0930. The van der Waals surface area contributed by atoms with Crippen molar-refractivity contribution in [2.75, 3.05) is 39.2 Å². The predicted molar refractivity (Wildman–Crippen MR) is 110 cm³/mol. The van der Waals surface area contributed by atoms with Crippen LogP contribution in [-0.2, 0) is 21.2 Å². The van der Waals surface area contributed by atoms with Crippen molar-refractivity contribution in [2.24, 2.45) is 0 Å². The van der Waals surface area contributed by atoms with E-state index < -0.39 is 16.0 Å². The van der Waals surface area contributed by atoms with Gasteiger partial charge in [-0.25, -0.2) is 17.9 Å². The molecule has 0 aliphatic heterocycles. The molecular formula is C20H26N2O6S. The highest BCUT2D eigenvalue weighted by Gasteiger charge is 2.20. The molecule has 8 nitrogen and oxygen atoms in total. The third-order valence-corrected chi connectivity index (χ3v) is 5.72. The molecule has 29 heavy (non-hydrogen) atoms. The number of benzene rings is 2. The van der Waals surface area contributed by atoms with Gasteiger partial charge in [-0.15, -0.1) is 0 Å². The van der Waals surface area contributed by atoms with Gasteiger partial charge in [-0.2, -0.15) is 0 Å². The van der Waals surface area contributed by atoms with Crippen LogP contribution in [0.25, 0.3) is 0 Å². The van der Waals surface area contributed by atoms with Crippen molar-refractivity contribution in [3.05, 3.63) is 53.6 Å². The molecule has 2 aromatic carbocycles. The van der Waals surface area contributed by atoms with Crippen LogP contribution in [0.4, 0.5) is 5.69 Å². The standard InChI is InChI=1S/C20H26N2O6S/c1-27-13-3-11-22-29(25,26)19-14-16(20(23)24)6-9-18(19)21-12-10-15-4-7-17(28-2)8-5-15/h4-9,14,21-22H,3,10-13H2,1-2H3,(H,23,24). The topological polar surface area (TPSA) is 114 Å². The molecule has 0 saturated carbocycles. The lowest BCUT2D eigenvalue weighted by Crippen LogP contribution is -2.27. The Morgan fingerprint density at radius 2 is 1.79 bits per heavy atom. The number of aromatic carboxylic acids is 1. The fourth-order valence-corrected chi connectivity index (χ4v) is 3.94. The second-order valence-corrected chi connectivity index (χ2v) is 8.02. The van der Waals surface area contributed by atoms with Crippen molar-refractivity contribution in [3.63, 3.8) is 0 Å². The summed E-state index contributed by atoms with van der Waals surface area (Å²) in [7, 11) is -0.742. The summed E-state index contributed by atoms with van der Waals surface area (Å²) in [5, 5.41) is 12.3. The van der Waals surface area contributed by atoms with Crippen LogP contribution in [-0.4, -0.2) is 53.4 Å². The molecule has 0 atom stereocenters. The number of carbonyl (C=O) groups is 1. The van der Waals surface area contributed by atoms with Gasteiger partial charge in [-0.05, 0) is 48.7 Å². The van der Waals surface area contributed by atoms with Crippen molar-refractivity contribution in [3.8, 4) is 5.75 Å². The fraction of sp³-hybridized carbons (Fsp3) is 0.350. The van der Waals surface area contributed by atoms with Crippen LogP contribution in [0.5, 0.6) is 5.75 Å². The molecule has 0 fully saturated rings. The first kappa shape index (κ1) is 22.7. The van der Waals surface area contributed by atoms with E-state index in [0.29, 0.717) is 31.7 Å². The van der Waals surface area contributed by atoms with Gasteiger partial charge in [-0.1, -0.05) is 12.1 Å². The van der Waals surface area contributed by atoms with Gasteiger partial charge in [0.15, 0.2) is 0 Å². The van der Waals surface area contributed by atoms with E-state index in [0.717, 1.165) is 17.4 Å². The Kier molecular flexibility index (Phi) is 8.44. The Balaban J connectivity index is 2.13. The highest BCUT2D eigenvalue weighted by atomic mass is 32.2. The van der Waals surface area contributed by atoms with E-state index in [-0.39, 0.29) is 17.0 Å². The van der Waals surface area contributed by atoms with Crippen LogP contribution >= 0.6 is 0 Å². The van der Waals surface area contributed by atoms with Crippen LogP contribution in [0.1, 0.15) is 22.3 Å². The smallest absolute Gasteiger partial charge is 0.335 e. The summed E-state index contributed by atoms with van der Waals surface area (Å²) < 4.78 is 37.9. The molecule has 2 rings (SSSR count). The molecule has 0 aliphatic carbocycles. The average Bonchev–Trinajstić information content (AvgIpc) is 2.71. The molecule has 0 bridgehead atoms. The Bertz CT molecular complexity index is 913. The molecule has 9 heteroatoms. The van der Waals surface area contributed by atoms with Crippen LogP contribution in [0, 0.1) is 0 Å². The molecule has 3 N–H and O–H groups in total. The Morgan fingerprint density at radius 1 is 1.07 bits per heavy atom. The minimum atomic E-state index is -3.88. The highest BCUT2D eigenvalue weighted by molar-refractivity contribution is 7.89. The summed E-state index contributed by atoms with van der Waals surface area (Å²) >= 11 is 0. The number of sulfonamides is 1. The fourth-order valence-electron chi connectivity index (χ4n) is 2.66. The van der Waals surface area contributed by atoms with E-state index in [1.54, 1.807) is 7.11 Å². The second-order valence-electron chi connectivity index (χ2n) is 6.29. The number of carboxylic acid groups (broad SMARTS) is 1. The van der Waals surface area contributed by atoms with E-state index in [4.69, 9.17) is 9.47 Å². The Hall–Kier alpha value is -2.62. The van der Waals surface area contributed by atoms with Crippen LogP contribution in [0.2, 0.25) is 0 Å². The molecule has 0 saturated heterocycles. The number of anilines is 1. The average molecular weight is 423 g/mol. The van der Waals surface area contributed by atoms with Crippen LogP contribution < -0.4 is 14.8 Å². The van der Waals surface area contributed by atoms with Crippen molar-refractivity contribution in [1.82, 2.24) is 4.72 Å². The van der Waals surface area contributed by atoms with E-state index in [2.05, 4.69) is 10.0 Å². The molecule has 0 radical (unpaired) electrons. The van der Waals surface area contributed by atoms with E-state index >= 15 is 0 Å². The zero-order valence-corrected chi connectivity index (χ0v) is 17.3. The lowest BCUT2D eigenvalue weighted by molar-refractivity contribution is 0.0696. The van der Waals surface area contributed by atoms with Gasteiger partial charge in [0.2, 0.25) is 10.0 Å². The molecule has 0 spiro atoms. The number of hydrogen-bond donors (Lipinski definition) is 3. The van der Waals surface area contributed by atoms with Crippen molar-refractivity contribution in [2.45, 2.75) is 17.7 Å². The number of methoxy groups -OCH3 is 2. The van der Waals surface area contributed by atoms with Gasteiger partial charge in [0.1, 0.15) is 10.6 Å². The monoisotopic (exact) mass is 422 g/mol. The summed E-state index contributed by atoms with van der Waals surface area (Å²) in [4.78, 5) is 11.2. The van der Waals surface area contributed by atoms with E-state index in [1.165, 1.54) is 19.2 Å². The van der Waals surface area contributed by atoms with Crippen molar-refractivity contribution in [1.29, 1.82) is 0 Å². The molecule has 158 valence electrons. The lowest BCUT2D eigenvalue weighted by Gasteiger charge is -2.14. The number of rotatable bonds is 12. The van der Waals surface area contributed by atoms with Crippen molar-refractivity contribution >= 4 is 21.7 Å². The van der Waals surface area contributed by atoms with Crippen molar-refractivity contribution < 1.29 is 27.8 Å². The third kappa shape index (κ3) is 6.74. The van der Waals surface area contributed by atoms with Crippen LogP contribution in [0.15, 0.2) is 47.4 Å². The maximum absolute atomic E-state index is 12.7. The molecule has 0 heterocycles.